The van der Waals surface area contributed by atoms with Crippen LogP contribution in [0.15, 0.2) is 83.9 Å². The molecule has 166 valence electrons. The smallest absolute Gasteiger partial charge is 0.253 e. The van der Waals surface area contributed by atoms with Gasteiger partial charge in [-0.3, -0.25) is 14.7 Å². The summed E-state index contributed by atoms with van der Waals surface area (Å²) < 4.78 is 25.4. The van der Waals surface area contributed by atoms with Gasteiger partial charge in [0.25, 0.3) is 5.91 Å². The summed E-state index contributed by atoms with van der Waals surface area (Å²) in [4.78, 5) is 22.0. The highest BCUT2D eigenvalue weighted by molar-refractivity contribution is 7.90. The second-order valence-corrected chi connectivity index (χ2v) is 10.0. The lowest BCUT2D eigenvalue weighted by molar-refractivity contribution is 0.0579. The number of benzene rings is 2. The van der Waals surface area contributed by atoms with Crippen LogP contribution < -0.4 is 0 Å². The van der Waals surface area contributed by atoms with Crippen LogP contribution in [0.2, 0.25) is 0 Å². The molecule has 1 aliphatic heterocycles. The minimum Gasteiger partial charge on any atom is -0.336 e. The van der Waals surface area contributed by atoms with Crippen molar-refractivity contribution in [3.05, 3.63) is 95.8 Å². The second kappa shape index (κ2) is 9.63. The monoisotopic (exact) mass is 449 g/mol. The molecule has 0 N–H and O–H groups in total. The minimum atomic E-state index is -3.46. The van der Waals surface area contributed by atoms with Gasteiger partial charge >= 0.3 is 0 Å². The molecule has 1 fully saturated rings. The molecule has 1 aliphatic rings. The molecule has 0 radical (unpaired) electrons. The zero-order chi connectivity index (χ0) is 22.6. The fraction of sp³-hybridized carbons (Fsp3) is 0.280. The van der Waals surface area contributed by atoms with Gasteiger partial charge in [-0.15, -0.1) is 0 Å². The van der Waals surface area contributed by atoms with Gasteiger partial charge in [0, 0.05) is 44.0 Å². The molecular weight excluding hydrogens is 422 g/mol. The highest BCUT2D eigenvalue weighted by Crippen LogP contribution is 2.21. The molecule has 1 amide bonds. The average Bonchev–Trinajstić information content (AvgIpc) is 2.84. The highest BCUT2D eigenvalue weighted by atomic mass is 32.2. The Kier molecular flexibility index (Phi) is 6.67. The summed E-state index contributed by atoms with van der Waals surface area (Å²) >= 11 is 0. The molecule has 1 unspecified atom stereocenters. The Morgan fingerprint density at radius 1 is 0.938 bits per heavy atom. The largest absolute Gasteiger partial charge is 0.336 e. The van der Waals surface area contributed by atoms with Gasteiger partial charge in [0.05, 0.1) is 16.3 Å². The molecule has 2 heterocycles. The van der Waals surface area contributed by atoms with Crippen LogP contribution in [0.4, 0.5) is 0 Å². The van der Waals surface area contributed by atoms with E-state index in [0.29, 0.717) is 24.2 Å². The number of aromatic nitrogens is 1. The van der Waals surface area contributed by atoms with E-state index in [1.165, 1.54) is 0 Å². The number of amides is 1. The number of pyridine rings is 1. The molecule has 0 aliphatic carbocycles. The topological polar surface area (TPSA) is 70.6 Å². The number of rotatable bonds is 6. The van der Waals surface area contributed by atoms with Crippen LogP contribution in [0.1, 0.15) is 34.6 Å². The van der Waals surface area contributed by atoms with Crippen molar-refractivity contribution in [2.75, 3.05) is 26.2 Å². The summed E-state index contributed by atoms with van der Waals surface area (Å²) in [5, 5.41) is 0. The lowest BCUT2D eigenvalue weighted by Gasteiger charge is -2.37. The van der Waals surface area contributed by atoms with E-state index in [1.807, 2.05) is 23.1 Å². The van der Waals surface area contributed by atoms with Crippen molar-refractivity contribution in [1.82, 2.24) is 14.8 Å². The SMILES string of the molecule is CC(c1ccccn1)N1CCN(C(=O)c2cccc(CS(=O)(=O)c3ccccc3)c2)CC1. The lowest BCUT2D eigenvalue weighted by Crippen LogP contribution is -2.49. The van der Waals surface area contributed by atoms with E-state index in [1.54, 1.807) is 60.8 Å². The number of nitrogens with zero attached hydrogens (tertiary/aromatic N) is 3. The molecule has 0 spiro atoms. The zero-order valence-corrected chi connectivity index (χ0v) is 18.9. The zero-order valence-electron chi connectivity index (χ0n) is 18.1. The Bertz CT molecular complexity index is 1160. The van der Waals surface area contributed by atoms with Crippen LogP contribution in [0.5, 0.6) is 0 Å². The van der Waals surface area contributed by atoms with Crippen LogP contribution in [0, 0.1) is 0 Å². The highest BCUT2D eigenvalue weighted by Gasteiger charge is 2.26. The van der Waals surface area contributed by atoms with Crippen molar-refractivity contribution in [3.63, 3.8) is 0 Å². The first-order chi connectivity index (χ1) is 15.4. The van der Waals surface area contributed by atoms with Crippen LogP contribution >= 0.6 is 0 Å². The van der Waals surface area contributed by atoms with Crippen LogP contribution in [0.25, 0.3) is 0 Å². The van der Waals surface area contributed by atoms with Crippen LogP contribution in [-0.2, 0) is 15.6 Å². The summed E-state index contributed by atoms with van der Waals surface area (Å²) in [5.74, 6) is -0.192. The van der Waals surface area contributed by atoms with E-state index in [0.717, 1.165) is 18.8 Å². The van der Waals surface area contributed by atoms with Gasteiger partial charge in [-0.05, 0) is 48.9 Å². The fourth-order valence-electron chi connectivity index (χ4n) is 4.03. The normalized spacial score (nSPS) is 16.0. The summed E-state index contributed by atoms with van der Waals surface area (Å²) in [7, 11) is -3.46. The molecule has 1 aromatic heterocycles. The average molecular weight is 450 g/mol. The maximum atomic E-state index is 13.1. The number of hydrogen-bond acceptors (Lipinski definition) is 5. The van der Waals surface area contributed by atoms with Crippen LogP contribution in [-0.4, -0.2) is 55.3 Å². The van der Waals surface area contributed by atoms with Crippen molar-refractivity contribution >= 4 is 15.7 Å². The predicted molar refractivity (Wildman–Crippen MR) is 124 cm³/mol. The third-order valence-electron chi connectivity index (χ3n) is 5.90. The molecule has 0 saturated carbocycles. The lowest BCUT2D eigenvalue weighted by atomic mass is 10.1. The molecular formula is C25H27N3O3S. The predicted octanol–water partition coefficient (Wildman–Crippen LogP) is 3.57. The van der Waals surface area contributed by atoms with Crippen molar-refractivity contribution < 1.29 is 13.2 Å². The molecule has 7 heteroatoms. The van der Waals surface area contributed by atoms with Gasteiger partial charge in [-0.2, -0.15) is 0 Å². The Balaban J connectivity index is 1.40. The van der Waals surface area contributed by atoms with E-state index in [-0.39, 0.29) is 22.6 Å². The third-order valence-corrected chi connectivity index (χ3v) is 7.60. The van der Waals surface area contributed by atoms with Crippen molar-refractivity contribution in [3.8, 4) is 0 Å². The Morgan fingerprint density at radius 2 is 1.66 bits per heavy atom. The Morgan fingerprint density at radius 3 is 2.34 bits per heavy atom. The molecule has 1 atom stereocenters. The number of sulfone groups is 1. The molecule has 3 aromatic rings. The van der Waals surface area contributed by atoms with Crippen molar-refractivity contribution in [2.24, 2.45) is 0 Å². The number of carbonyl (C=O) groups is 1. The van der Waals surface area contributed by atoms with E-state index < -0.39 is 9.84 Å². The first-order valence-corrected chi connectivity index (χ1v) is 12.4. The number of piperazine rings is 1. The van der Waals surface area contributed by atoms with Gasteiger partial charge in [0.15, 0.2) is 9.84 Å². The van der Waals surface area contributed by atoms with E-state index in [2.05, 4.69) is 16.8 Å². The maximum absolute atomic E-state index is 13.1. The molecule has 32 heavy (non-hydrogen) atoms. The fourth-order valence-corrected chi connectivity index (χ4v) is 5.39. The van der Waals surface area contributed by atoms with E-state index in [9.17, 15) is 13.2 Å². The Hall–Kier alpha value is -3.03. The van der Waals surface area contributed by atoms with E-state index in [4.69, 9.17) is 0 Å². The summed E-state index contributed by atoms with van der Waals surface area (Å²) in [6.07, 6.45) is 1.80. The summed E-state index contributed by atoms with van der Waals surface area (Å²) in [5.41, 5.74) is 2.17. The molecule has 1 saturated heterocycles. The van der Waals surface area contributed by atoms with Crippen LogP contribution in [0.3, 0.4) is 0 Å². The van der Waals surface area contributed by atoms with Crippen molar-refractivity contribution in [2.45, 2.75) is 23.6 Å². The van der Waals surface area contributed by atoms with Crippen molar-refractivity contribution in [1.29, 1.82) is 0 Å². The second-order valence-electron chi connectivity index (χ2n) is 8.03. The van der Waals surface area contributed by atoms with Gasteiger partial charge in [-0.25, -0.2) is 8.42 Å². The van der Waals surface area contributed by atoms with Gasteiger partial charge in [0.1, 0.15) is 0 Å². The maximum Gasteiger partial charge on any atom is 0.253 e. The number of carbonyl (C=O) groups excluding carboxylic acids is 1. The number of hydrogen-bond donors (Lipinski definition) is 0. The Labute approximate surface area is 189 Å². The third kappa shape index (κ3) is 5.06. The quantitative estimate of drug-likeness (QED) is 0.575. The van der Waals surface area contributed by atoms with E-state index >= 15 is 0 Å². The van der Waals surface area contributed by atoms with Gasteiger partial charge < -0.3 is 4.90 Å². The standard InChI is InChI=1S/C25H27N3O3S/c1-20(24-12-5-6-13-26-24)27-14-16-28(17-15-27)25(29)22-9-7-8-21(18-22)19-32(30,31)23-10-3-2-4-11-23/h2-13,18,20H,14-17,19H2,1H3. The molecule has 6 nitrogen and oxygen atoms in total. The molecule has 4 rings (SSSR count). The first-order valence-electron chi connectivity index (χ1n) is 10.7. The first kappa shape index (κ1) is 22.2. The van der Waals surface area contributed by atoms with Gasteiger partial charge in [0.2, 0.25) is 0 Å². The minimum absolute atomic E-state index is 0.0610. The molecule has 0 bridgehead atoms. The summed E-state index contributed by atoms with van der Waals surface area (Å²) in [6, 6.07) is 21.5. The van der Waals surface area contributed by atoms with Gasteiger partial charge in [-0.1, -0.05) is 36.4 Å². The molecule has 2 aromatic carbocycles. The summed E-state index contributed by atoms with van der Waals surface area (Å²) in [6.45, 7) is 4.93.